The van der Waals surface area contributed by atoms with E-state index in [0.717, 1.165) is 18.9 Å². The second kappa shape index (κ2) is 7.97. The average molecular weight is 311 g/mol. The van der Waals surface area contributed by atoms with Gasteiger partial charge in [-0.25, -0.2) is 4.98 Å². The van der Waals surface area contributed by atoms with Crippen LogP contribution in [0.2, 0.25) is 0 Å². The smallest absolute Gasteiger partial charge is 0.128 e. The van der Waals surface area contributed by atoms with Crippen molar-refractivity contribution in [3.63, 3.8) is 0 Å². The number of likely N-dealkylation sites (tertiary alicyclic amines) is 1. The van der Waals surface area contributed by atoms with Gasteiger partial charge in [-0.1, -0.05) is 6.07 Å². The van der Waals surface area contributed by atoms with Crippen molar-refractivity contribution in [3.8, 4) is 0 Å². The van der Waals surface area contributed by atoms with Crippen LogP contribution >= 0.6 is 12.4 Å². The third-order valence-electron chi connectivity index (χ3n) is 4.56. The van der Waals surface area contributed by atoms with E-state index in [1.54, 1.807) is 0 Å². The molecule has 0 amide bonds. The number of anilines is 1. The van der Waals surface area contributed by atoms with Crippen LogP contribution in [0.4, 0.5) is 5.82 Å². The number of halogens is 1. The summed E-state index contributed by atoms with van der Waals surface area (Å²) >= 11 is 0. The maximum absolute atomic E-state index is 4.65. The molecule has 118 valence electrons. The van der Waals surface area contributed by atoms with Crippen LogP contribution in [-0.2, 0) is 6.54 Å². The lowest BCUT2D eigenvalue weighted by molar-refractivity contribution is 0.188. The summed E-state index contributed by atoms with van der Waals surface area (Å²) in [5.41, 5.74) is 1.34. The summed E-state index contributed by atoms with van der Waals surface area (Å²) in [6.07, 6.45) is 7.28. The minimum Gasteiger partial charge on any atom is -0.357 e. The Bertz CT molecular complexity index is 417. The van der Waals surface area contributed by atoms with Crippen molar-refractivity contribution < 1.29 is 0 Å². The molecule has 2 fully saturated rings. The molecule has 2 aliphatic rings. The molecule has 0 aliphatic carbocycles. The molecule has 1 N–H and O–H groups in total. The zero-order valence-corrected chi connectivity index (χ0v) is 13.7. The SMILES string of the molecule is CNC1CCCN(Cc2ccc(N3CCCC3)nc2)C1.Cl. The Kier molecular flexibility index (Phi) is 6.27. The molecule has 5 heteroatoms. The lowest BCUT2D eigenvalue weighted by Gasteiger charge is -2.32. The van der Waals surface area contributed by atoms with Gasteiger partial charge in [-0.3, -0.25) is 4.90 Å². The van der Waals surface area contributed by atoms with Crippen molar-refractivity contribution >= 4 is 18.2 Å². The minimum absolute atomic E-state index is 0. The van der Waals surface area contributed by atoms with Crippen molar-refractivity contribution in [3.05, 3.63) is 23.9 Å². The Morgan fingerprint density at radius 1 is 1.19 bits per heavy atom. The number of pyridine rings is 1. The van der Waals surface area contributed by atoms with Crippen LogP contribution < -0.4 is 10.2 Å². The van der Waals surface area contributed by atoms with Gasteiger partial charge in [-0.15, -0.1) is 12.4 Å². The standard InChI is InChI=1S/C16H26N4.ClH/c1-17-15-5-4-8-19(13-15)12-14-6-7-16(18-11-14)20-9-2-3-10-20;/h6-7,11,15,17H,2-5,8-10,12-13H2,1H3;1H. The van der Waals surface area contributed by atoms with E-state index >= 15 is 0 Å². The van der Waals surface area contributed by atoms with Crippen molar-refractivity contribution in [1.29, 1.82) is 0 Å². The summed E-state index contributed by atoms with van der Waals surface area (Å²) in [6.45, 7) is 5.74. The van der Waals surface area contributed by atoms with Gasteiger partial charge in [0.1, 0.15) is 5.82 Å². The van der Waals surface area contributed by atoms with Crippen molar-refractivity contribution in [2.24, 2.45) is 0 Å². The lowest BCUT2D eigenvalue weighted by atomic mass is 10.1. The van der Waals surface area contributed by atoms with E-state index in [1.165, 1.54) is 50.9 Å². The third-order valence-corrected chi connectivity index (χ3v) is 4.56. The largest absolute Gasteiger partial charge is 0.357 e. The van der Waals surface area contributed by atoms with E-state index < -0.39 is 0 Å². The predicted octanol–water partition coefficient (Wildman–Crippen LogP) is 2.29. The van der Waals surface area contributed by atoms with Gasteiger partial charge in [0.05, 0.1) is 0 Å². The Balaban J connectivity index is 0.00000161. The molecule has 1 atom stereocenters. The highest BCUT2D eigenvalue weighted by Gasteiger charge is 2.18. The van der Waals surface area contributed by atoms with Crippen LogP contribution in [0.15, 0.2) is 18.3 Å². The topological polar surface area (TPSA) is 31.4 Å². The van der Waals surface area contributed by atoms with E-state index in [9.17, 15) is 0 Å². The Morgan fingerprint density at radius 2 is 2.00 bits per heavy atom. The normalized spacial score (nSPS) is 23.1. The number of nitrogens with zero attached hydrogens (tertiary/aromatic N) is 3. The molecule has 3 heterocycles. The van der Waals surface area contributed by atoms with Crippen LogP contribution in [0.1, 0.15) is 31.2 Å². The van der Waals surface area contributed by atoms with E-state index in [2.05, 4.69) is 45.5 Å². The number of aromatic nitrogens is 1. The molecule has 1 aromatic heterocycles. The number of hydrogen-bond donors (Lipinski definition) is 1. The maximum atomic E-state index is 4.65. The van der Waals surface area contributed by atoms with E-state index in [1.807, 2.05) is 0 Å². The van der Waals surface area contributed by atoms with Crippen LogP contribution in [0.3, 0.4) is 0 Å². The summed E-state index contributed by atoms with van der Waals surface area (Å²) in [5, 5.41) is 3.40. The summed E-state index contributed by atoms with van der Waals surface area (Å²) in [6, 6.07) is 5.10. The first kappa shape index (κ1) is 16.5. The van der Waals surface area contributed by atoms with Crippen molar-refractivity contribution in [2.45, 2.75) is 38.3 Å². The Labute approximate surface area is 134 Å². The van der Waals surface area contributed by atoms with Gasteiger partial charge in [-0.2, -0.15) is 0 Å². The molecule has 2 saturated heterocycles. The fourth-order valence-electron chi connectivity index (χ4n) is 3.34. The number of hydrogen-bond acceptors (Lipinski definition) is 4. The molecule has 0 saturated carbocycles. The molecule has 0 bridgehead atoms. The first-order chi connectivity index (χ1) is 9.85. The van der Waals surface area contributed by atoms with E-state index in [-0.39, 0.29) is 12.4 Å². The second-order valence-corrected chi connectivity index (χ2v) is 6.08. The number of rotatable bonds is 4. The molecule has 0 spiro atoms. The fraction of sp³-hybridized carbons (Fsp3) is 0.688. The molecular weight excluding hydrogens is 284 g/mol. The van der Waals surface area contributed by atoms with Crippen LogP contribution in [0.25, 0.3) is 0 Å². The second-order valence-electron chi connectivity index (χ2n) is 6.08. The van der Waals surface area contributed by atoms with E-state index in [4.69, 9.17) is 0 Å². The first-order valence-corrected chi connectivity index (χ1v) is 7.94. The molecular formula is C16H27ClN4. The van der Waals surface area contributed by atoms with Crippen LogP contribution in [0, 0.1) is 0 Å². The van der Waals surface area contributed by atoms with Gasteiger partial charge in [0.2, 0.25) is 0 Å². The van der Waals surface area contributed by atoms with Crippen molar-refractivity contribution in [1.82, 2.24) is 15.2 Å². The van der Waals surface area contributed by atoms with Gasteiger partial charge in [0.25, 0.3) is 0 Å². The van der Waals surface area contributed by atoms with Gasteiger partial charge < -0.3 is 10.2 Å². The Morgan fingerprint density at radius 3 is 2.67 bits per heavy atom. The molecule has 0 radical (unpaired) electrons. The molecule has 0 aromatic carbocycles. The van der Waals surface area contributed by atoms with E-state index in [0.29, 0.717) is 6.04 Å². The van der Waals surface area contributed by atoms with Gasteiger partial charge in [0.15, 0.2) is 0 Å². The third kappa shape index (κ3) is 4.31. The maximum Gasteiger partial charge on any atom is 0.128 e. The van der Waals surface area contributed by atoms with Crippen molar-refractivity contribution in [2.75, 3.05) is 38.1 Å². The quantitative estimate of drug-likeness (QED) is 0.924. The zero-order valence-electron chi connectivity index (χ0n) is 12.9. The van der Waals surface area contributed by atoms with Crippen LogP contribution in [0.5, 0.6) is 0 Å². The molecule has 1 unspecified atom stereocenters. The van der Waals surface area contributed by atoms with Gasteiger partial charge >= 0.3 is 0 Å². The molecule has 4 nitrogen and oxygen atoms in total. The summed E-state index contributed by atoms with van der Waals surface area (Å²) in [4.78, 5) is 9.58. The van der Waals surface area contributed by atoms with Crippen LogP contribution in [-0.4, -0.2) is 49.2 Å². The summed E-state index contributed by atoms with van der Waals surface area (Å²) in [7, 11) is 2.07. The van der Waals surface area contributed by atoms with Gasteiger partial charge in [-0.05, 0) is 50.9 Å². The lowest BCUT2D eigenvalue weighted by Crippen LogP contribution is -2.43. The number of likely N-dealkylation sites (N-methyl/N-ethyl adjacent to an activating group) is 1. The number of piperidine rings is 1. The summed E-state index contributed by atoms with van der Waals surface area (Å²) < 4.78 is 0. The zero-order chi connectivity index (χ0) is 13.8. The fourth-order valence-corrected chi connectivity index (χ4v) is 3.34. The average Bonchev–Trinajstić information content (AvgIpc) is 3.02. The monoisotopic (exact) mass is 310 g/mol. The highest BCUT2D eigenvalue weighted by Crippen LogP contribution is 2.19. The summed E-state index contributed by atoms with van der Waals surface area (Å²) in [5.74, 6) is 1.15. The first-order valence-electron chi connectivity index (χ1n) is 7.94. The van der Waals surface area contributed by atoms with Gasteiger partial charge in [0, 0.05) is 38.4 Å². The highest BCUT2D eigenvalue weighted by molar-refractivity contribution is 5.85. The molecule has 1 aromatic rings. The predicted molar refractivity (Wildman–Crippen MR) is 90.3 cm³/mol. The molecule has 3 rings (SSSR count). The minimum atomic E-state index is 0. The number of nitrogens with one attached hydrogen (secondary N) is 1. The molecule has 21 heavy (non-hydrogen) atoms. The Hall–Kier alpha value is -0.840. The molecule has 2 aliphatic heterocycles. The highest BCUT2D eigenvalue weighted by atomic mass is 35.5.